The Hall–Kier alpha value is -1.09. The van der Waals surface area contributed by atoms with Crippen LogP contribution < -0.4 is 5.48 Å². The van der Waals surface area contributed by atoms with Crippen LogP contribution >= 0.6 is 0 Å². The van der Waals surface area contributed by atoms with Gasteiger partial charge in [-0.05, 0) is 19.1 Å². The van der Waals surface area contributed by atoms with Crippen molar-refractivity contribution < 1.29 is 6.63 Å². The summed E-state index contributed by atoms with van der Waals surface area (Å²) < 4.78 is 0. The second-order valence-corrected chi connectivity index (χ2v) is 1.80. The van der Waals surface area contributed by atoms with Crippen LogP contribution in [0.15, 0.2) is 18.3 Å². The number of pyridine rings is 1. The van der Waals surface area contributed by atoms with Crippen molar-refractivity contribution in [3.05, 3.63) is 24.0 Å². The number of rotatable bonds is 1. The molecule has 0 fully saturated rings. The summed E-state index contributed by atoms with van der Waals surface area (Å²) in [6.45, 7) is 1.86. The van der Waals surface area contributed by atoms with E-state index >= 15 is 0 Å². The molecule has 0 saturated heterocycles. The third kappa shape index (κ3) is 1.40. The van der Waals surface area contributed by atoms with Gasteiger partial charge in [0.25, 0.3) is 0 Å². The van der Waals surface area contributed by atoms with Gasteiger partial charge in [0.1, 0.15) is 0 Å². The van der Waals surface area contributed by atoms with Crippen molar-refractivity contribution in [1.29, 1.82) is 0 Å². The average Bonchev–Trinajstić information content (AvgIpc) is 1.88. The van der Waals surface area contributed by atoms with Gasteiger partial charge in [0.05, 0.1) is 5.69 Å². The molecule has 0 saturated carbocycles. The van der Waals surface area contributed by atoms with Gasteiger partial charge in [0, 0.05) is 13.3 Å². The second kappa shape index (κ2) is 2.46. The highest BCUT2D eigenvalue weighted by molar-refractivity contribution is 5.40. The van der Waals surface area contributed by atoms with E-state index in [2.05, 4.69) is 4.98 Å². The first-order valence-electron chi connectivity index (χ1n) is 2.65. The molecule has 1 rings (SSSR count). The zero-order valence-electron chi connectivity index (χ0n) is 5.13. The minimum absolute atomic E-state index is 0. The van der Waals surface area contributed by atoms with E-state index in [9.17, 15) is 0 Å². The lowest BCUT2D eigenvalue weighted by Crippen LogP contribution is -1.89. The lowest BCUT2D eigenvalue weighted by atomic mass is 10.3. The zero-order chi connectivity index (χ0) is 6.69. The maximum Gasteiger partial charge on any atom is 0.0635 e. The van der Waals surface area contributed by atoms with E-state index in [1.165, 1.54) is 0 Å². The van der Waals surface area contributed by atoms with Crippen LogP contribution in [-0.4, -0.2) is 10.2 Å². The molecule has 0 aliphatic carbocycles. The molecule has 0 radical (unpaired) electrons. The number of aromatic nitrogens is 1. The van der Waals surface area contributed by atoms with E-state index in [-0.39, 0.29) is 1.43 Å². The summed E-state index contributed by atoms with van der Waals surface area (Å²) in [7, 11) is 0. The predicted octanol–water partition coefficient (Wildman–Crippen LogP) is 1.44. The van der Waals surface area contributed by atoms with Gasteiger partial charge in [-0.25, -0.2) is 0 Å². The molecule has 2 N–H and O–H groups in total. The first-order valence-corrected chi connectivity index (χ1v) is 2.65. The first kappa shape index (κ1) is 6.04. The molecule has 0 atom stereocenters. The van der Waals surface area contributed by atoms with E-state index in [0.717, 1.165) is 5.69 Å². The quantitative estimate of drug-likeness (QED) is 0.559. The fraction of sp³-hybridized carbons (Fsp3) is 0.167. The summed E-state index contributed by atoms with van der Waals surface area (Å²) in [5.41, 5.74) is 3.58. The Labute approximate surface area is 54.8 Å². The lowest BCUT2D eigenvalue weighted by Gasteiger charge is -1.96. The Morgan fingerprint density at radius 2 is 2.56 bits per heavy atom. The zero-order valence-corrected chi connectivity index (χ0v) is 5.13. The van der Waals surface area contributed by atoms with E-state index in [4.69, 9.17) is 5.21 Å². The molecule has 0 aromatic carbocycles. The number of hydrogen-bond donors (Lipinski definition) is 2. The van der Waals surface area contributed by atoms with Gasteiger partial charge in [-0.3, -0.25) is 15.7 Å². The van der Waals surface area contributed by atoms with Crippen molar-refractivity contribution in [3.8, 4) is 0 Å². The normalized spacial score (nSPS) is 9.11. The van der Waals surface area contributed by atoms with Gasteiger partial charge in [0.2, 0.25) is 0 Å². The number of nitrogens with one attached hydrogen (secondary N) is 1. The molecular weight excluding hydrogens is 116 g/mol. The molecule has 0 amide bonds. The third-order valence-electron chi connectivity index (χ3n) is 1.03. The molecule has 0 bridgehead atoms. The number of anilines is 1. The molecule has 0 spiro atoms. The summed E-state index contributed by atoms with van der Waals surface area (Å²) in [6, 6.07) is 3.44. The molecular formula is C6H10N2O. The Bertz CT molecular complexity index is 205. The molecule has 50 valence electrons. The topological polar surface area (TPSA) is 45.1 Å². The van der Waals surface area contributed by atoms with Gasteiger partial charge in [0.15, 0.2) is 0 Å². The summed E-state index contributed by atoms with van der Waals surface area (Å²) in [5, 5.41) is 8.38. The summed E-state index contributed by atoms with van der Waals surface area (Å²) in [6.07, 6.45) is 1.63. The fourth-order valence-electron chi connectivity index (χ4n) is 0.615. The second-order valence-electron chi connectivity index (χ2n) is 1.80. The Balaban J connectivity index is 0.000000810. The number of nitrogens with zero attached hydrogens (tertiary/aromatic N) is 1. The van der Waals surface area contributed by atoms with Crippen molar-refractivity contribution in [2.75, 3.05) is 5.48 Å². The highest BCUT2D eigenvalue weighted by Crippen LogP contribution is 2.04. The molecule has 1 aromatic rings. The van der Waals surface area contributed by atoms with E-state index < -0.39 is 0 Å². The molecule has 0 unspecified atom stereocenters. The minimum atomic E-state index is 0. The Morgan fingerprint density at radius 1 is 1.78 bits per heavy atom. The maximum absolute atomic E-state index is 8.38. The lowest BCUT2D eigenvalue weighted by molar-refractivity contribution is 0.389. The first-order chi connectivity index (χ1) is 4.33. The van der Waals surface area contributed by atoms with Crippen LogP contribution in [0.25, 0.3) is 0 Å². The van der Waals surface area contributed by atoms with Gasteiger partial charge in [-0.1, -0.05) is 0 Å². The molecule has 1 heterocycles. The maximum atomic E-state index is 8.38. The van der Waals surface area contributed by atoms with Crippen molar-refractivity contribution in [2.24, 2.45) is 0 Å². The Kier molecular flexibility index (Phi) is 1.65. The van der Waals surface area contributed by atoms with E-state index in [1.807, 2.05) is 12.4 Å². The van der Waals surface area contributed by atoms with Crippen molar-refractivity contribution in [1.82, 2.24) is 4.98 Å². The molecule has 3 nitrogen and oxygen atoms in total. The smallest absolute Gasteiger partial charge is 0.0635 e. The van der Waals surface area contributed by atoms with Crippen molar-refractivity contribution >= 4 is 5.69 Å². The van der Waals surface area contributed by atoms with Crippen LogP contribution in [0.2, 0.25) is 0 Å². The predicted molar refractivity (Wildman–Crippen MR) is 36.5 cm³/mol. The summed E-state index contributed by atoms with van der Waals surface area (Å²) in [4.78, 5) is 3.94. The summed E-state index contributed by atoms with van der Waals surface area (Å²) >= 11 is 0. The van der Waals surface area contributed by atoms with Gasteiger partial charge in [-0.15, -0.1) is 0 Å². The third-order valence-corrected chi connectivity index (χ3v) is 1.03. The SMILES string of the molecule is Cc1cc(NO)ccn1.[HH]. The van der Waals surface area contributed by atoms with Gasteiger partial charge >= 0.3 is 0 Å². The standard InChI is InChI=1S/C6H8N2O.H2/c1-5-4-6(8-9)2-3-7-5;/h2-4,9H,1H3,(H,7,8);1H. The highest BCUT2D eigenvalue weighted by Gasteiger charge is 1.87. The fourth-order valence-corrected chi connectivity index (χ4v) is 0.615. The monoisotopic (exact) mass is 126 g/mol. The van der Waals surface area contributed by atoms with Crippen LogP contribution in [0.1, 0.15) is 7.12 Å². The van der Waals surface area contributed by atoms with Crippen molar-refractivity contribution in [2.45, 2.75) is 6.92 Å². The molecule has 0 aliphatic heterocycles. The van der Waals surface area contributed by atoms with Crippen LogP contribution in [0.3, 0.4) is 0 Å². The van der Waals surface area contributed by atoms with Gasteiger partial charge < -0.3 is 0 Å². The molecule has 1 aromatic heterocycles. The summed E-state index contributed by atoms with van der Waals surface area (Å²) in [5.74, 6) is 0. The van der Waals surface area contributed by atoms with Crippen molar-refractivity contribution in [3.63, 3.8) is 0 Å². The van der Waals surface area contributed by atoms with Crippen LogP contribution in [0.4, 0.5) is 5.69 Å². The molecule has 9 heavy (non-hydrogen) atoms. The van der Waals surface area contributed by atoms with Crippen LogP contribution in [0, 0.1) is 6.92 Å². The highest BCUT2D eigenvalue weighted by atomic mass is 16.5. The minimum Gasteiger partial charge on any atom is -0.291 e. The van der Waals surface area contributed by atoms with Gasteiger partial charge in [-0.2, -0.15) is 0 Å². The Morgan fingerprint density at radius 3 is 3.00 bits per heavy atom. The number of hydrogen-bond acceptors (Lipinski definition) is 3. The van der Waals surface area contributed by atoms with E-state index in [0.29, 0.717) is 5.69 Å². The van der Waals surface area contributed by atoms with E-state index in [1.54, 1.807) is 18.3 Å². The molecule has 0 aliphatic rings. The van der Waals surface area contributed by atoms with Crippen LogP contribution in [-0.2, 0) is 0 Å². The largest absolute Gasteiger partial charge is 0.291 e. The van der Waals surface area contributed by atoms with Crippen LogP contribution in [0.5, 0.6) is 0 Å². The average molecular weight is 126 g/mol. The number of aryl methyl sites for hydroxylation is 1. The molecule has 3 heteroatoms.